The molecule has 5 aromatic carbocycles. The number of hydrogen-bond donors (Lipinski definition) is 0. The highest BCUT2D eigenvalue weighted by Gasteiger charge is 2.17. The second kappa shape index (κ2) is 8.91. The smallest absolute Gasteiger partial charge is 0.00204 e. The van der Waals surface area contributed by atoms with Crippen molar-refractivity contribution in [3.63, 3.8) is 0 Å². The van der Waals surface area contributed by atoms with Crippen molar-refractivity contribution in [2.75, 3.05) is 0 Å². The van der Waals surface area contributed by atoms with Crippen molar-refractivity contribution in [2.45, 2.75) is 0 Å². The summed E-state index contributed by atoms with van der Waals surface area (Å²) in [7, 11) is 0. The molecule has 32 heavy (non-hydrogen) atoms. The van der Waals surface area contributed by atoms with Gasteiger partial charge in [-0.2, -0.15) is 0 Å². The van der Waals surface area contributed by atoms with Gasteiger partial charge in [0.05, 0.1) is 0 Å². The van der Waals surface area contributed by atoms with Gasteiger partial charge in [-0.1, -0.05) is 128 Å². The van der Waals surface area contributed by atoms with Crippen molar-refractivity contribution in [1.82, 2.24) is 0 Å². The molecule has 0 nitrogen and oxygen atoms in total. The summed E-state index contributed by atoms with van der Waals surface area (Å²) < 4.78 is 0. The lowest BCUT2D eigenvalue weighted by molar-refractivity contribution is 1.53. The fourth-order valence-electron chi connectivity index (χ4n) is 4.23. The molecule has 0 fully saturated rings. The van der Waals surface area contributed by atoms with Crippen LogP contribution in [0.2, 0.25) is 0 Å². The van der Waals surface area contributed by atoms with Crippen molar-refractivity contribution in [1.29, 1.82) is 0 Å². The van der Waals surface area contributed by atoms with Crippen LogP contribution in [0.25, 0.3) is 50.6 Å². The normalized spacial score (nSPS) is 10.6. The quantitative estimate of drug-likeness (QED) is 0.273. The Morgan fingerprint density at radius 2 is 0.906 bits per heavy atom. The van der Waals surface area contributed by atoms with Gasteiger partial charge in [-0.3, -0.25) is 0 Å². The van der Waals surface area contributed by atoms with Crippen molar-refractivity contribution in [2.24, 2.45) is 0 Å². The first-order valence-corrected chi connectivity index (χ1v) is 10.8. The van der Waals surface area contributed by atoms with E-state index in [0.717, 1.165) is 11.1 Å². The van der Waals surface area contributed by atoms with Crippen LogP contribution in [0.4, 0.5) is 0 Å². The van der Waals surface area contributed by atoms with Crippen LogP contribution in [0.15, 0.2) is 128 Å². The van der Waals surface area contributed by atoms with Gasteiger partial charge in [0.15, 0.2) is 0 Å². The standard InChI is InChI=1S/C32H23/c1-2-24-22-23-30(27-20-18-26(19-21-27)25-12-6-3-7-13-25)32(29-16-10-5-11-17-29)31(24)28-14-8-4-9-15-28/h2-21,23H,1H2. The van der Waals surface area contributed by atoms with Crippen molar-refractivity contribution in [3.8, 4) is 44.5 Å². The fraction of sp³-hybridized carbons (Fsp3) is 0. The van der Waals surface area contributed by atoms with Gasteiger partial charge in [0.1, 0.15) is 0 Å². The lowest BCUT2D eigenvalue weighted by Crippen LogP contribution is -1.94. The van der Waals surface area contributed by atoms with E-state index in [9.17, 15) is 0 Å². The molecule has 151 valence electrons. The Morgan fingerprint density at radius 1 is 0.469 bits per heavy atom. The molecule has 5 aromatic rings. The first-order valence-electron chi connectivity index (χ1n) is 10.8. The first kappa shape index (κ1) is 19.8. The third-order valence-electron chi connectivity index (χ3n) is 5.79. The molecule has 5 rings (SSSR count). The molecule has 0 bridgehead atoms. The molecule has 0 aliphatic carbocycles. The lowest BCUT2D eigenvalue weighted by atomic mass is 9.84. The highest BCUT2D eigenvalue weighted by Crippen LogP contribution is 2.42. The van der Waals surface area contributed by atoms with Gasteiger partial charge in [-0.25, -0.2) is 0 Å². The molecule has 0 unspecified atom stereocenters. The molecule has 0 heteroatoms. The van der Waals surface area contributed by atoms with Gasteiger partial charge in [0, 0.05) is 0 Å². The number of hydrogen-bond acceptors (Lipinski definition) is 0. The summed E-state index contributed by atoms with van der Waals surface area (Å²) in [6.07, 6.45) is 1.90. The molecule has 0 heterocycles. The molecule has 0 atom stereocenters. The number of benzene rings is 5. The maximum Gasteiger partial charge on any atom is -0.00204 e. The van der Waals surface area contributed by atoms with E-state index in [-0.39, 0.29) is 0 Å². The van der Waals surface area contributed by atoms with Gasteiger partial charge in [-0.05, 0) is 62.2 Å². The van der Waals surface area contributed by atoms with E-state index in [1.54, 1.807) is 0 Å². The molecule has 0 aliphatic heterocycles. The summed E-state index contributed by atoms with van der Waals surface area (Å²) in [5.41, 5.74) is 10.5. The van der Waals surface area contributed by atoms with Crippen LogP contribution in [0.1, 0.15) is 5.56 Å². The molecule has 0 amide bonds. The minimum Gasteiger partial charge on any atom is -0.0984 e. The Morgan fingerprint density at radius 3 is 1.44 bits per heavy atom. The van der Waals surface area contributed by atoms with E-state index in [2.05, 4.69) is 128 Å². The zero-order chi connectivity index (χ0) is 21.8. The summed E-state index contributed by atoms with van der Waals surface area (Å²) in [5, 5.41) is 0. The Bertz CT molecular complexity index is 1330. The topological polar surface area (TPSA) is 0 Å². The molecule has 1 radical (unpaired) electrons. The second-order valence-electron chi connectivity index (χ2n) is 7.75. The Kier molecular flexibility index (Phi) is 5.51. The molecule has 0 spiro atoms. The van der Waals surface area contributed by atoms with Crippen LogP contribution in [0.5, 0.6) is 0 Å². The average Bonchev–Trinajstić information content (AvgIpc) is 2.89. The summed E-state index contributed by atoms with van der Waals surface area (Å²) in [4.78, 5) is 0. The van der Waals surface area contributed by atoms with Crippen LogP contribution < -0.4 is 0 Å². The monoisotopic (exact) mass is 407 g/mol. The average molecular weight is 408 g/mol. The minimum absolute atomic E-state index is 1.01. The van der Waals surface area contributed by atoms with Crippen LogP contribution >= 0.6 is 0 Å². The van der Waals surface area contributed by atoms with Crippen molar-refractivity contribution < 1.29 is 0 Å². The van der Waals surface area contributed by atoms with E-state index < -0.39 is 0 Å². The SMILES string of the molecule is C=Cc1[c]cc(-c2ccc(-c3ccccc3)cc2)c(-c2ccccc2)c1-c1ccccc1. The van der Waals surface area contributed by atoms with E-state index in [1.165, 1.54) is 38.9 Å². The first-order chi connectivity index (χ1) is 15.8. The highest BCUT2D eigenvalue weighted by molar-refractivity contribution is 5.98. The van der Waals surface area contributed by atoms with Gasteiger partial charge in [0.25, 0.3) is 0 Å². The Balaban J connectivity index is 1.73. The van der Waals surface area contributed by atoms with E-state index in [0.29, 0.717) is 0 Å². The molecular weight excluding hydrogens is 384 g/mol. The largest absolute Gasteiger partial charge is 0.0984 e. The fourth-order valence-corrected chi connectivity index (χ4v) is 4.23. The minimum atomic E-state index is 1.01. The van der Waals surface area contributed by atoms with E-state index >= 15 is 0 Å². The van der Waals surface area contributed by atoms with E-state index in [4.69, 9.17) is 0 Å². The number of rotatable bonds is 5. The maximum absolute atomic E-state index is 4.07. The summed E-state index contributed by atoms with van der Waals surface area (Å²) >= 11 is 0. The van der Waals surface area contributed by atoms with Crippen LogP contribution in [-0.2, 0) is 0 Å². The van der Waals surface area contributed by atoms with Crippen molar-refractivity contribution in [3.05, 3.63) is 140 Å². The van der Waals surface area contributed by atoms with Crippen LogP contribution in [0.3, 0.4) is 0 Å². The van der Waals surface area contributed by atoms with Gasteiger partial charge >= 0.3 is 0 Å². The van der Waals surface area contributed by atoms with Gasteiger partial charge in [0.2, 0.25) is 0 Å². The third-order valence-corrected chi connectivity index (χ3v) is 5.79. The van der Waals surface area contributed by atoms with Crippen molar-refractivity contribution >= 4 is 6.08 Å². The molecule has 0 saturated carbocycles. The predicted octanol–water partition coefficient (Wildman–Crippen LogP) is 8.80. The van der Waals surface area contributed by atoms with Crippen LogP contribution in [-0.4, -0.2) is 0 Å². The maximum atomic E-state index is 4.07. The van der Waals surface area contributed by atoms with Crippen LogP contribution in [0, 0.1) is 6.07 Å². The Labute approximate surface area is 190 Å². The summed E-state index contributed by atoms with van der Waals surface area (Å²) in [6, 6.07) is 46.0. The zero-order valence-corrected chi connectivity index (χ0v) is 17.8. The lowest BCUT2D eigenvalue weighted by Gasteiger charge is -2.19. The molecule has 0 aromatic heterocycles. The van der Waals surface area contributed by atoms with Gasteiger partial charge in [-0.15, -0.1) is 0 Å². The molecule has 0 N–H and O–H groups in total. The molecular formula is C32H23. The molecule has 0 aliphatic rings. The molecule has 0 saturated heterocycles. The van der Waals surface area contributed by atoms with E-state index in [1.807, 2.05) is 12.1 Å². The summed E-state index contributed by atoms with van der Waals surface area (Å²) in [6.45, 7) is 4.07. The highest BCUT2D eigenvalue weighted by atomic mass is 14.2. The summed E-state index contributed by atoms with van der Waals surface area (Å²) in [5.74, 6) is 0. The second-order valence-corrected chi connectivity index (χ2v) is 7.75. The third kappa shape index (κ3) is 3.79. The Hall–Kier alpha value is -4.16. The zero-order valence-electron chi connectivity index (χ0n) is 17.8. The predicted molar refractivity (Wildman–Crippen MR) is 137 cm³/mol. The van der Waals surface area contributed by atoms with Gasteiger partial charge < -0.3 is 0 Å².